The smallest absolute Gasteiger partial charge is 0.375 e. The average molecular weight is 472 g/mol. The van der Waals surface area contributed by atoms with E-state index in [-0.39, 0.29) is 34.0 Å². The van der Waals surface area contributed by atoms with Crippen molar-refractivity contribution in [2.24, 2.45) is 0 Å². The van der Waals surface area contributed by atoms with Crippen molar-refractivity contribution in [3.8, 4) is 11.3 Å². The van der Waals surface area contributed by atoms with Crippen molar-refractivity contribution < 1.29 is 35.9 Å². The Balaban J connectivity index is 1.76. The third-order valence-electron chi connectivity index (χ3n) is 5.24. The molecule has 0 unspecified atom stereocenters. The number of carbonyl (C=O) groups excluding carboxylic acids is 1. The first kappa shape index (κ1) is 23.0. The maximum atomic E-state index is 14.9. The van der Waals surface area contributed by atoms with Crippen molar-refractivity contribution in [2.45, 2.75) is 32.2 Å². The van der Waals surface area contributed by atoms with Gasteiger partial charge in [0, 0.05) is 24.8 Å². The Kier molecular flexibility index (Phi) is 6.04. The summed E-state index contributed by atoms with van der Waals surface area (Å²) >= 11 is 0. The first-order valence-corrected chi connectivity index (χ1v) is 9.97. The fourth-order valence-electron chi connectivity index (χ4n) is 3.81. The molecule has 3 heterocycles. The molecule has 6 nitrogen and oxygen atoms in total. The zero-order valence-corrected chi connectivity index (χ0v) is 17.2. The molecule has 33 heavy (non-hydrogen) atoms. The highest BCUT2D eigenvalue weighted by molar-refractivity contribution is 5.96. The summed E-state index contributed by atoms with van der Waals surface area (Å²) in [4.78, 5) is 21.7. The van der Waals surface area contributed by atoms with E-state index in [0.29, 0.717) is 24.3 Å². The van der Waals surface area contributed by atoms with Crippen LogP contribution in [0.15, 0.2) is 30.5 Å². The molecule has 0 saturated carbocycles. The number of imidazole rings is 1. The zero-order valence-electron chi connectivity index (χ0n) is 17.2. The molecule has 0 radical (unpaired) electrons. The van der Waals surface area contributed by atoms with Crippen LogP contribution < -0.4 is 0 Å². The van der Waals surface area contributed by atoms with Gasteiger partial charge in [0.1, 0.15) is 11.3 Å². The Hall–Kier alpha value is -3.15. The van der Waals surface area contributed by atoms with Crippen LogP contribution in [0.3, 0.4) is 0 Å². The molecule has 176 valence electrons. The zero-order chi connectivity index (χ0) is 23.9. The maximum Gasteiger partial charge on any atom is 0.449 e. The molecular weight excluding hydrogens is 454 g/mol. The lowest BCUT2D eigenvalue weighted by atomic mass is 10.1. The van der Waals surface area contributed by atoms with Crippen LogP contribution in [0.4, 0.5) is 26.3 Å². The van der Waals surface area contributed by atoms with Gasteiger partial charge >= 0.3 is 6.18 Å². The van der Waals surface area contributed by atoms with Gasteiger partial charge in [0.25, 0.3) is 12.3 Å². The number of aromatic nitrogens is 3. The third-order valence-corrected chi connectivity index (χ3v) is 5.24. The van der Waals surface area contributed by atoms with Gasteiger partial charge < -0.3 is 14.2 Å². The minimum Gasteiger partial charge on any atom is -0.375 e. The topological polar surface area (TPSA) is 60.2 Å². The molecule has 0 aliphatic carbocycles. The number of hydrogen-bond donors (Lipinski definition) is 0. The predicted octanol–water partition coefficient (Wildman–Crippen LogP) is 4.38. The molecule has 3 aromatic rings. The molecular formula is C21H18F6N4O2. The molecule has 12 heteroatoms. The number of pyridine rings is 1. The second kappa shape index (κ2) is 8.65. The standard InChI is InChI=1S/C21H18F6N4O2/c1-11-9-30(6-7-33-11)19(32)13-3-2-12(8-14(13)22)17-18-15(4-5-28-17)31(10-16(23)24)20(29-18)21(25,26)27/h2-5,8,11,16H,6-7,9-10H2,1H3/t11-/m1/s1. The minimum absolute atomic E-state index is 0.0559. The molecule has 4 rings (SSSR count). The number of ether oxygens (including phenoxy) is 1. The van der Waals surface area contributed by atoms with Crippen LogP contribution in [-0.2, 0) is 17.5 Å². The first-order chi connectivity index (χ1) is 15.6. The minimum atomic E-state index is -4.98. The van der Waals surface area contributed by atoms with Crippen LogP contribution in [0.1, 0.15) is 23.1 Å². The summed E-state index contributed by atoms with van der Waals surface area (Å²) in [6.45, 7) is 1.49. The highest BCUT2D eigenvalue weighted by Gasteiger charge is 2.38. The lowest BCUT2D eigenvalue weighted by molar-refractivity contribution is -0.147. The molecule has 1 atom stereocenters. The molecule has 0 spiro atoms. The van der Waals surface area contributed by atoms with Gasteiger partial charge in [0.2, 0.25) is 5.82 Å². The molecule has 1 aliphatic rings. The number of benzene rings is 1. The molecule has 1 fully saturated rings. The Morgan fingerprint density at radius 2 is 2.03 bits per heavy atom. The monoisotopic (exact) mass is 472 g/mol. The molecule has 0 N–H and O–H groups in total. The third kappa shape index (κ3) is 4.52. The number of carbonyl (C=O) groups is 1. The summed E-state index contributed by atoms with van der Waals surface area (Å²) in [5.41, 5.74) is -0.787. The van der Waals surface area contributed by atoms with Gasteiger partial charge in [-0.3, -0.25) is 9.78 Å². The summed E-state index contributed by atoms with van der Waals surface area (Å²) < 4.78 is 86.8. The van der Waals surface area contributed by atoms with E-state index >= 15 is 0 Å². The summed E-state index contributed by atoms with van der Waals surface area (Å²) in [6.07, 6.45) is -7.10. The van der Waals surface area contributed by atoms with E-state index in [4.69, 9.17) is 4.74 Å². The van der Waals surface area contributed by atoms with E-state index in [1.54, 1.807) is 6.92 Å². The van der Waals surface area contributed by atoms with E-state index in [1.165, 1.54) is 17.0 Å². The predicted molar refractivity (Wildman–Crippen MR) is 105 cm³/mol. The van der Waals surface area contributed by atoms with Crippen molar-refractivity contribution in [3.05, 3.63) is 47.7 Å². The van der Waals surface area contributed by atoms with Crippen molar-refractivity contribution in [2.75, 3.05) is 19.7 Å². The van der Waals surface area contributed by atoms with Crippen LogP contribution in [0.5, 0.6) is 0 Å². The number of fused-ring (bicyclic) bond motifs is 1. The van der Waals surface area contributed by atoms with Gasteiger partial charge in [0.15, 0.2) is 0 Å². The Morgan fingerprint density at radius 3 is 2.67 bits per heavy atom. The van der Waals surface area contributed by atoms with Gasteiger partial charge in [-0.05, 0) is 25.1 Å². The van der Waals surface area contributed by atoms with Crippen molar-refractivity contribution in [1.29, 1.82) is 0 Å². The number of nitrogens with zero attached hydrogens (tertiary/aromatic N) is 4. The van der Waals surface area contributed by atoms with E-state index in [9.17, 15) is 31.1 Å². The summed E-state index contributed by atoms with van der Waals surface area (Å²) in [6, 6.07) is 4.66. The number of morpholine rings is 1. The normalized spacial score (nSPS) is 17.2. The Morgan fingerprint density at radius 1 is 1.27 bits per heavy atom. The van der Waals surface area contributed by atoms with Crippen LogP contribution in [0, 0.1) is 5.82 Å². The second-order valence-corrected chi connectivity index (χ2v) is 7.59. The lowest BCUT2D eigenvalue weighted by Gasteiger charge is -2.31. The van der Waals surface area contributed by atoms with Gasteiger partial charge in [-0.1, -0.05) is 6.07 Å². The Bertz CT molecular complexity index is 1190. The molecule has 1 saturated heterocycles. The number of alkyl halides is 5. The maximum absolute atomic E-state index is 14.9. The highest BCUT2D eigenvalue weighted by Crippen LogP contribution is 2.35. The van der Waals surface area contributed by atoms with Crippen molar-refractivity contribution in [1.82, 2.24) is 19.4 Å². The van der Waals surface area contributed by atoms with Crippen molar-refractivity contribution in [3.63, 3.8) is 0 Å². The largest absolute Gasteiger partial charge is 0.449 e. The Labute approximate surface area is 183 Å². The quantitative estimate of drug-likeness (QED) is 0.529. The summed E-state index contributed by atoms with van der Waals surface area (Å²) in [5.74, 6) is -2.93. The van der Waals surface area contributed by atoms with Crippen LogP contribution in [0.2, 0.25) is 0 Å². The molecule has 2 aromatic heterocycles. The van der Waals surface area contributed by atoms with Crippen LogP contribution in [-0.4, -0.2) is 57.6 Å². The van der Waals surface area contributed by atoms with Gasteiger partial charge in [-0.25, -0.2) is 18.2 Å². The van der Waals surface area contributed by atoms with E-state index < -0.39 is 36.7 Å². The average Bonchev–Trinajstić information content (AvgIpc) is 3.11. The number of amides is 1. The summed E-state index contributed by atoms with van der Waals surface area (Å²) in [5, 5.41) is 0. The number of rotatable bonds is 4. The highest BCUT2D eigenvalue weighted by atomic mass is 19.4. The van der Waals surface area contributed by atoms with E-state index in [2.05, 4.69) is 9.97 Å². The number of hydrogen-bond acceptors (Lipinski definition) is 4. The second-order valence-electron chi connectivity index (χ2n) is 7.59. The molecule has 1 aliphatic heterocycles. The summed E-state index contributed by atoms with van der Waals surface area (Å²) in [7, 11) is 0. The fraction of sp³-hybridized carbons (Fsp3) is 0.381. The molecule has 1 amide bonds. The first-order valence-electron chi connectivity index (χ1n) is 9.97. The molecule has 0 bridgehead atoms. The van der Waals surface area contributed by atoms with E-state index in [0.717, 1.165) is 18.3 Å². The van der Waals surface area contributed by atoms with Crippen molar-refractivity contribution >= 4 is 16.9 Å². The molecule has 1 aromatic carbocycles. The van der Waals surface area contributed by atoms with Gasteiger partial charge in [0.05, 0.1) is 36.0 Å². The lowest BCUT2D eigenvalue weighted by Crippen LogP contribution is -2.44. The van der Waals surface area contributed by atoms with E-state index in [1.807, 2.05) is 0 Å². The van der Waals surface area contributed by atoms with Crippen LogP contribution in [0.25, 0.3) is 22.3 Å². The van der Waals surface area contributed by atoms with Gasteiger partial charge in [-0.2, -0.15) is 13.2 Å². The van der Waals surface area contributed by atoms with Gasteiger partial charge in [-0.15, -0.1) is 0 Å². The fourth-order valence-corrected chi connectivity index (χ4v) is 3.81. The van der Waals surface area contributed by atoms with Crippen LogP contribution >= 0.6 is 0 Å². The number of halogens is 6. The SMILES string of the molecule is C[C@@H]1CN(C(=O)c2ccc(-c3nccc4c3nc(C(F)(F)F)n4CC(F)F)cc2F)CCO1.